The van der Waals surface area contributed by atoms with Gasteiger partial charge in [0.1, 0.15) is 5.82 Å². The molecule has 1 heterocycles. The standard InChI is InChI=1S/C10H11FIN/c11-9-3-8(4-10(12)5-9)7-1-2-13-6-7/h3-5,7,13H,1-2,6H2. The SMILES string of the molecule is Fc1cc(I)cc(C2CCNC2)c1. The van der Waals surface area contributed by atoms with Crippen LogP contribution in [0.1, 0.15) is 17.9 Å². The van der Waals surface area contributed by atoms with Crippen LogP contribution in [0.15, 0.2) is 18.2 Å². The van der Waals surface area contributed by atoms with E-state index < -0.39 is 0 Å². The van der Waals surface area contributed by atoms with Crippen LogP contribution in [0.2, 0.25) is 0 Å². The molecule has 0 aliphatic carbocycles. The van der Waals surface area contributed by atoms with Gasteiger partial charge in [0, 0.05) is 10.1 Å². The van der Waals surface area contributed by atoms with Gasteiger partial charge >= 0.3 is 0 Å². The molecule has 1 nitrogen and oxygen atoms in total. The van der Waals surface area contributed by atoms with E-state index in [9.17, 15) is 4.39 Å². The molecule has 0 radical (unpaired) electrons. The summed E-state index contributed by atoms with van der Waals surface area (Å²) >= 11 is 2.16. The minimum Gasteiger partial charge on any atom is -0.316 e. The van der Waals surface area contributed by atoms with Crippen molar-refractivity contribution in [2.45, 2.75) is 12.3 Å². The molecule has 1 fully saturated rings. The molecule has 0 saturated carbocycles. The average molecular weight is 291 g/mol. The molecule has 0 spiro atoms. The fourth-order valence-electron chi connectivity index (χ4n) is 1.75. The molecule has 1 saturated heterocycles. The van der Waals surface area contributed by atoms with Crippen molar-refractivity contribution < 1.29 is 4.39 Å². The van der Waals surface area contributed by atoms with Gasteiger partial charge in [0.05, 0.1) is 0 Å². The van der Waals surface area contributed by atoms with E-state index in [-0.39, 0.29) is 5.82 Å². The molecule has 1 aromatic carbocycles. The van der Waals surface area contributed by atoms with Crippen LogP contribution >= 0.6 is 22.6 Å². The second-order valence-corrected chi connectivity index (χ2v) is 4.64. The van der Waals surface area contributed by atoms with Crippen LogP contribution in [0.5, 0.6) is 0 Å². The second kappa shape index (κ2) is 3.92. The molecule has 3 heteroatoms. The smallest absolute Gasteiger partial charge is 0.124 e. The minimum absolute atomic E-state index is 0.117. The van der Waals surface area contributed by atoms with Crippen LogP contribution in [-0.4, -0.2) is 13.1 Å². The Morgan fingerprint density at radius 3 is 2.85 bits per heavy atom. The Morgan fingerprint density at radius 1 is 1.38 bits per heavy atom. The Balaban J connectivity index is 2.28. The summed E-state index contributed by atoms with van der Waals surface area (Å²) in [4.78, 5) is 0. The van der Waals surface area contributed by atoms with E-state index in [1.807, 2.05) is 0 Å². The molecule has 70 valence electrons. The lowest BCUT2D eigenvalue weighted by molar-refractivity contribution is 0.620. The molecule has 0 aromatic heterocycles. The van der Waals surface area contributed by atoms with Crippen LogP contribution in [-0.2, 0) is 0 Å². The van der Waals surface area contributed by atoms with Gasteiger partial charge in [-0.25, -0.2) is 4.39 Å². The van der Waals surface area contributed by atoms with E-state index >= 15 is 0 Å². The lowest BCUT2D eigenvalue weighted by atomic mass is 9.99. The van der Waals surface area contributed by atoms with Gasteiger partial charge < -0.3 is 5.32 Å². The van der Waals surface area contributed by atoms with E-state index in [4.69, 9.17) is 0 Å². The van der Waals surface area contributed by atoms with Crippen molar-refractivity contribution in [1.82, 2.24) is 5.32 Å². The quantitative estimate of drug-likeness (QED) is 0.784. The predicted octanol–water partition coefficient (Wildman–Crippen LogP) is 2.51. The molecular formula is C10H11FIN. The largest absolute Gasteiger partial charge is 0.316 e. The molecule has 0 bridgehead atoms. The second-order valence-electron chi connectivity index (χ2n) is 3.39. The summed E-state index contributed by atoms with van der Waals surface area (Å²) in [5, 5.41) is 3.28. The Bertz CT molecular complexity index is 288. The Labute approximate surface area is 90.9 Å². The molecule has 1 aliphatic heterocycles. The van der Waals surface area contributed by atoms with E-state index in [2.05, 4.69) is 34.0 Å². The van der Waals surface area contributed by atoms with Gasteiger partial charge in [0.2, 0.25) is 0 Å². The summed E-state index contributed by atoms with van der Waals surface area (Å²) in [6.07, 6.45) is 1.12. The predicted molar refractivity (Wildman–Crippen MR) is 59.3 cm³/mol. The van der Waals surface area contributed by atoms with Crippen LogP contribution < -0.4 is 5.32 Å². The Hall–Kier alpha value is -0.160. The van der Waals surface area contributed by atoms with E-state index in [0.29, 0.717) is 5.92 Å². The van der Waals surface area contributed by atoms with Crippen molar-refractivity contribution in [2.75, 3.05) is 13.1 Å². The number of halogens is 2. The molecule has 2 rings (SSSR count). The summed E-state index contributed by atoms with van der Waals surface area (Å²) in [5.41, 5.74) is 1.13. The lowest BCUT2D eigenvalue weighted by Gasteiger charge is -2.08. The molecule has 13 heavy (non-hydrogen) atoms. The minimum atomic E-state index is -0.117. The zero-order valence-corrected chi connectivity index (χ0v) is 9.34. The molecule has 1 unspecified atom stereocenters. The van der Waals surface area contributed by atoms with Crippen molar-refractivity contribution in [1.29, 1.82) is 0 Å². The van der Waals surface area contributed by atoms with Gasteiger partial charge in [-0.15, -0.1) is 0 Å². The molecule has 1 N–H and O–H groups in total. The van der Waals surface area contributed by atoms with Crippen LogP contribution in [0.3, 0.4) is 0 Å². The van der Waals surface area contributed by atoms with E-state index in [1.165, 1.54) is 0 Å². The summed E-state index contributed by atoms with van der Waals surface area (Å²) in [7, 11) is 0. The number of benzene rings is 1. The fraction of sp³-hybridized carbons (Fsp3) is 0.400. The third-order valence-electron chi connectivity index (χ3n) is 2.42. The van der Waals surface area contributed by atoms with Gasteiger partial charge in [-0.3, -0.25) is 0 Å². The van der Waals surface area contributed by atoms with Crippen molar-refractivity contribution in [3.63, 3.8) is 0 Å². The fourth-order valence-corrected chi connectivity index (χ4v) is 2.41. The van der Waals surface area contributed by atoms with Gasteiger partial charge in [0.25, 0.3) is 0 Å². The average Bonchev–Trinajstić information content (AvgIpc) is 2.53. The zero-order chi connectivity index (χ0) is 9.26. The molecular weight excluding hydrogens is 280 g/mol. The highest BCUT2D eigenvalue weighted by atomic mass is 127. The first-order valence-electron chi connectivity index (χ1n) is 4.42. The van der Waals surface area contributed by atoms with Crippen LogP contribution in [0.25, 0.3) is 0 Å². The number of hydrogen-bond donors (Lipinski definition) is 1. The number of nitrogens with one attached hydrogen (secondary N) is 1. The van der Waals surface area contributed by atoms with Gasteiger partial charge in [-0.1, -0.05) is 0 Å². The van der Waals surface area contributed by atoms with Crippen LogP contribution in [0.4, 0.5) is 4.39 Å². The maximum Gasteiger partial charge on any atom is 0.124 e. The normalized spacial score (nSPS) is 22.2. The third-order valence-corrected chi connectivity index (χ3v) is 3.04. The van der Waals surface area contributed by atoms with E-state index in [0.717, 1.165) is 28.6 Å². The summed E-state index contributed by atoms with van der Waals surface area (Å²) in [6.45, 7) is 2.04. The lowest BCUT2D eigenvalue weighted by Crippen LogP contribution is -2.08. The van der Waals surface area contributed by atoms with Gasteiger partial charge in [-0.05, 0) is 65.2 Å². The highest BCUT2D eigenvalue weighted by Crippen LogP contribution is 2.24. The maximum atomic E-state index is 13.1. The van der Waals surface area contributed by atoms with Crippen LogP contribution in [0, 0.1) is 9.39 Å². The Kier molecular flexibility index (Phi) is 2.83. The third kappa shape index (κ3) is 2.20. The van der Waals surface area contributed by atoms with Crippen molar-refractivity contribution in [2.24, 2.45) is 0 Å². The summed E-state index contributed by atoms with van der Waals surface area (Å²) in [6, 6.07) is 5.29. The van der Waals surface area contributed by atoms with Gasteiger partial charge in [0.15, 0.2) is 0 Å². The molecule has 1 aliphatic rings. The summed E-state index contributed by atoms with van der Waals surface area (Å²) in [5.74, 6) is 0.387. The highest BCUT2D eigenvalue weighted by molar-refractivity contribution is 14.1. The van der Waals surface area contributed by atoms with Crippen molar-refractivity contribution >= 4 is 22.6 Å². The highest BCUT2D eigenvalue weighted by Gasteiger charge is 2.17. The topological polar surface area (TPSA) is 12.0 Å². The maximum absolute atomic E-state index is 13.1. The monoisotopic (exact) mass is 291 g/mol. The zero-order valence-electron chi connectivity index (χ0n) is 7.19. The first-order chi connectivity index (χ1) is 6.25. The Morgan fingerprint density at radius 2 is 2.23 bits per heavy atom. The molecule has 1 aromatic rings. The van der Waals surface area contributed by atoms with Crippen molar-refractivity contribution in [3.05, 3.63) is 33.1 Å². The molecule has 1 atom stereocenters. The van der Waals surface area contributed by atoms with Crippen molar-refractivity contribution in [3.8, 4) is 0 Å². The van der Waals surface area contributed by atoms with Gasteiger partial charge in [-0.2, -0.15) is 0 Å². The first-order valence-corrected chi connectivity index (χ1v) is 5.50. The number of hydrogen-bond acceptors (Lipinski definition) is 1. The van der Waals surface area contributed by atoms with E-state index in [1.54, 1.807) is 12.1 Å². The first kappa shape index (κ1) is 9.40. The summed E-state index contributed by atoms with van der Waals surface area (Å²) < 4.78 is 14.0. The number of rotatable bonds is 1. The molecule has 0 amide bonds.